The Hall–Kier alpha value is -2.50. The van der Waals surface area contributed by atoms with Gasteiger partial charge in [0.1, 0.15) is 17.8 Å². The van der Waals surface area contributed by atoms with Crippen LogP contribution in [0, 0.1) is 0 Å². The van der Waals surface area contributed by atoms with Gasteiger partial charge in [-0.15, -0.1) is 0 Å². The van der Waals surface area contributed by atoms with Gasteiger partial charge in [-0.05, 0) is 68.4 Å². The largest absolute Gasteiger partial charge is 0.480 e. The Morgan fingerprint density at radius 2 is 1.25 bits per heavy atom. The average Bonchev–Trinajstić information content (AvgIpc) is 2.95. The maximum Gasteiger partial charge on any atom is 0.409 e. The summed E-state index contributed by atoms with van der Waals surface area (Å²) in [4.78, 5) is 13.0. The molecule has 1 N–H and O–H groups in total. The summed E-state index contributed by atoms with van der Waals surface area (Å²) in [5.74, 6) is -1.48. The summed E-state index contributed by atoms with van der Waals surface area (Å²) >= 11 is 0. The maximum absolute atomic E-state index is 15.4. The Bertz CT molecular complexity index is 1330. The van der Waals surface area contributed by atoms with Crippen LogP contribution in [0.3, 0.4) is 0 Å². The van der Waals surface area contributed by atoms with Gasteiger partial charge >= 0.3 is 12.1 Å². The van der Waals surface area contributed by atoms with E-state index in [0.717, 1.165) is 49.8 Å². The van der Waals surface area contributed by atoms with Crippen LogP contribution in [-0.2, 0) is 14.6 Å². The quantitative estimate of drug-likeness (QED) is 0.197. The highest BCUT2D eigenvalue weighted by molar-refractivity contribution is 7.90. The molecule has 2 fully saturated rings. The Morgan fingerprint density at radius 1 is 0.818 bits per heavy atom. The van der Waals surface area contributed by atoms with E-state index in [1.54, 1.807) is 17.1 Å². The molecule has 0 bridgehead atoms. The minimum absolute atomic E-state index is 0.131. The number of aliphatic carboxylic acids is 1. The van der Waals surface area contributed by atoms with Gasteiger partial charge in [0.2, 0.25) is 0 Å². The van der Waals surface area contributed by atoms with Crippen molar-refractivity contribution in [2.24, 2.45) is 0 Å². The van der Waals surface area contributed by atoms with Gasteiger partial charge in [-0.3, -0.25) is 4.79 Å². The van der Waals surface area contributed by atoms with Crippen molar-refractivity contribution in [1.29, 1.82) is 0 Å². The van der Waals surface area contributed by atoms with Gasteiger partial charge in [0.25, 0.3) is 0 Å². The number of benzene rings is 2. The van der Waals surface area contributed by atoms with E-state index in [1.165, 1.54) is 50.2 Å². The molecule has 0 radical (unpaired) electrons. The zero-order chi connectivity index (χ0) is 32.3. The molecule has 244 valence electrons. The van der Waals surface area contributed by atoms with Crippen LogP contribution in [-0.4, -0.2) is 65.7 Å². The summed E-state index contributed by atoms with van der Waals surface area (Å²) < 4.78 is 85.0. The molecular weight excluding hydrogens is 596 g/mol. The van der Waals surface area contributed by atoms with Crippen molar-refractivity contribution in [2.45, 2.75) is 125 Å². The van der Waals surface area contributed by atoms with Gasteiger partial charge in [-0.2, -0.15) is 13.2 Å². The molecule has 2 aliphatic rings. The van der Waals surface area contributed by atoms with Crippen LogP contribution in [0.15, 0.2) is 53.4 Å². The van der Waals surface area contributed by atoms with Crippen molar-refractivity contribution in [2.75, 3.05) is 6.26 Å². The van der Waals surface area contributed by atoms with Gasteiger partial charge in [-0.1, -0.05) is 74.9 Å². The molecule has 2 aliphatic carbocycles. The lowest BCUT2D eigenvalue weighted by Gasteiger charge is -2.52. The standard InChI is InChI=1S/C33H44F4N2O4S/c1-32(2,34)22-29(31(40)41)39(38(26-10-6-4-7-11-26)27-12-8-5-9-13-27)30(33(35,36)37)25-16-14-23(15-17-25)24-18-20-28(21-19-24)44(3,42)43/h14-21,26-27,29-30H,4-13,22H2,1-3H3,(H,40,41)/t29-,30-/m0/s1. The second-order valence-electron chi connectivity index (χ2n) is 13.0. The van der Waals surface area contributed by atoms with Crippen LogP contribution in [0.4, 0.5) is 17.6 Å². The zero-order valence-electron chi connectivity index (χ0n) is 25.7. The molecule has 0 aromatic heterocycles. The van der Waals surface area contributed by atoms with Crippen molar-refractivity contribution in [3.63, 3.8) is 0 Å². The summed E-state index contributed by atoms with van der Waals surface area (Å²) in [5, 5.41) is 13.2. The molecule has 0 heterocycles. The number of carboxylic acid groups (broad SMARTS) is 1. The molecule has 6 nitrogen and oxygen atoms in total. The molecule has 44 heavy (non-hydrogen) atoms. The number of carbonyl (C=O) groups is 1. The van der Waals surface area contributed by atoms with Crippen LogP contribution in [0.25, 0.3) is 11.1 Å². The highest BCUT2D eigenvalue weighted by Crippen LogP contribution is 2.45. The fraction of sp³-hybridized carbons (Fsp3) is 0.606. The highest BCUT2D eigenvalue weighted by atomic mass is 32.2. The lowest BCUT2D eigenvalue weighted by molar-refractivity contribution is -0.261. The van der Waals surface area contributed by atoms with Crippen molar-refractivity contribution in [1.82, 2.24) is 10.0 Å². The minimum atomic E-state index is -4.87. The Balaban J connectivity index is 1.84. The normalized spacial score (nSPS) is 19.3. The van der Waals surface area contributed by atoms with E-state index in [0.29, 0.717) is 36.8 Å². The van der Waals surface area contributed by atoms with E-state index >= 15 is 17.6 Å². The molecule has 0 aliphatic heterocycles. The lowest BCUT2D eigenvalue weighted by Crippen LogP contribution is -2.63. The first-order valence-electron chi connectivity index (χ1n) is 15.5. The third-order valence-electron chi connectivity index (χ3n) is 8.86. The molecule has 0 amide bonds. The second kappa shape index (κ2) is 13.9. The second-order valence-corrected chi connectivity index (χ2v) is 15.0. The monoisotopic (exact) mass is 640 g/mol. The van der Waals surface area contributed by atoms with Crippen molar-refractivity contribution in [3.8, 4) is 11.1 Å². The number of hydrogen-bond donors (Lipinski definition) is 1. The fourth-order valence-corrected chi connectivity index (χ4v) is 7.47. The van der Waals surface area contributed by atoms with Gasteiger partial charge in [-0.25, -0.2) is 22.8 Å². The molecule has 0 unspecified atom stereocenters. The topological polar surface area (TPSA) is 77.9 Å². The van der Waals surface area contributed by atoms with Gasteiger partial charge in [0.15, 0.2) is 9.84 Å². The number of hydrogen-bond acceptors (Lipinski definition) is 5. The van der Waals surface area contributed by atoms with E-state index < -0.39 is 46.2 Å². The van der Waals surface area contributed by atoms with Gasteiger partial charge in [0, 0.05) is 24.8 Å². The number of hydrazine groups is 1. The molecule has 2 aromatic rings. The van der Waals surface area contributed by atoms with Crippen LogP contribution >= 0.6 is 0 Å². The number of halogens is 4. The summed E-state index contributed by atoms with van der Waals surface area (Å²) in [6, 6.07) is 7.25. The van der Waals surface area contributed by atoms with E-state index in [2.05, 4.69) is 0 Å². The molecule has 11 heteroatoms. The fourth-order valence-electron chi connectivity index (χ4n) is 6.84. The number of rotatable bonds is 11. The number of sulfone groups is 1. The predicted octanol–water partition coefficient (Wildman–Crippen LogP) is 8.14. The predicted molar refractivity (Wildman–Crippen MR) is 162 cm³/mol. The SMILES string of the molecule is CC(C)(F)C[C@@H](C(=O)O)N([C@@H](c1ccc(-c2ccc(S(C)(=O)=O)cc2)cc1)C(F)(F)F)N(C1CCCCC1)C1CCCCC1. The van der Waals surface area contributed by atoms with Crippen molar-refractivity contribution in [3.05, 3.63) is 54.1 Å². The van der Waals surface area contributed by atoms with Gasteiger partial charge in [0.05, 0.1) is 4.90 Å². The third-order valence-corrected chi connectivity index (χ3v) is 9.99. The van der Waals surface area contributed by atoms with Crippen molar-refractivity contribution < 1.29 is 35.9 Å². The Kier molecular flexibility index (Phi) is 10.8. The lowest BCUT2D eigenvalue weighted by atomic mass is 9.88. The number of alkyl halides is 4. The maximum atomic E-state index is 15.4. The summed E-state index contributed by atoms with van der Waals surface area (Å²) in [7, 11) is -3.41. The third kappa shape index (κ3) is 8.60. The molecule has 2 atom stereocenters. The Morgan fingerprint density at radius 3 is 1.61 bits per heavy atom. The summed E-state index contributed by atoms with van der Waals surface area (Å²) in [6.45, 7) is 2.41. The van der Waals surface area contributed by atoms with Crippen LogP contribution in [0.1, 0.15) is 96.1 Å². The minimum Gasteiger partial charge on any atom is -0.480 e. The molecule has 4 rings (SSSR count). The van der Waals surface area contributed by atoms with Crippen molar-refractivity contribution >= 4 is 15.8 Å². The number of nitrogens with zero attached hydrogens (tertiary/aromatic N) is 2. The smallest absolute Gasteiger partial charge is 0.409 e. The van der Waals surface area contributed by atoms with E-state index in [-0.39, 0.29) is 22.5 Å². The average molecular weight is 641 g/mol. The van der Waals surface area contributed by atoms with E-state index in [4.69, 9.17) is 0 Å². The summed E-state index contributed by atoms with van der Waals surface area (Å²) in [5.41, 5.74) is -0.951. The molecule has 0 spiro atoms. The van der Waals surface area contributed by atoms with Crippen LogP contribution in [0.2, 0.25) is 0 Å². The highest BCUT2D eigenvalue weighted by Gasteiger charge is 2.53. The summed E-state index contributed by atoms with van der Waals surface area (Å²) in [6.07, 6.45) is 3.59. The van der Waals surface area contributed by atoms with E-state index in [1.807, 2.05) is 0 Å². The van der Waals surface area contributed by atoms with Crippen LogP contribution < -0.4 is 0 Å². The van der Waals surface area contributed by atoms with Crippen LogP contribution in [0.5, 0.6) is 0 Å². The van der Waals surface area contributed by atoms with E-state index in [9.17, 15) is 18.3 Å². The van der Waals surface area contributed by atoms with Gasteiger partial charge < -0.3 is 5.11 Å². The number of carboxylic acids is 1. The first-order valence-corrected chi connectivity index (χ1v) is 17.4. The first-order chi connectivity index (χ1) is 20.6. The first kappa shape index (κ1) is 34.4. The molecule has 2 saturated carbocycles. The zero-order valence-corrected chi connectivity index (χ0v) is 26.5. The molecule has 0 saturated heterocycles. The Labute approximate surface area is 258 Å². The molecule has 2 aromatic carbocycles. The molecular formula is C33H44F4N2O4S.